The smallest absolute Gasteiger partial charge is 0.260 e. The molecule has 1 saturated carbocycles. The maximum atomic E-state index is 13.3. The number of hydrogen-bond acceptors (Lipinski definition) is 6. The number of benzene rings is 1. The highest BCUT2D eigenvalue weighted by Gasteiger charge is 2.42. The van der Waals surface area contributed by atoms with E-state index in [1.807, 2.05) is 17.9 Å². The maximum Gasteiger partial charge on any atom is 0.260 e. The molecule has 1 aromatic carbocycles. The molecule has 1 aliphatic carbocycles. The van der Waals surface area contributed by atoms with E-state index < -0.39 is 0 Å². The number of nitrogens with one attached hydrogen (secondary N) is 3. The van der Waals surface area contributed by atoms with Gasteiger partial charge in [-0.3, -0.25) is 9.59 Å². The average molecular weight is 484 g/mol. The molecule has 2 amide bonds. The summed E-state index contributed by atoms with van der Waals surface area (Å²) in [6.45, 7) is 9.62. The molecular weight excluding hydrogens is 442 g/mol. The number of likely N-dealkylation sites (tertiary alicyclic amines) is 2. The van der Waals surface area contributed by atoms with Gasteiger partial charge in [-0.2, -0.15) is 5.53 Å². The van der Waals surface area contributed by atoms with Crippen LogP contribution in [0.4, 0.5) is 0 Å². The summed E-state index contributed by atoms with van der Waals surface area (Å²) in [4.78, 5) is 30.4. The Labute approximate surface area is 209 Å². The van der Waals surface area contributed by atoms with Crippen LogP contribution in [0.3, 0.4) is 0 Å². The summed E-state index contributed by atoms with van der Waals surface area (Å²) in [6, 6.07) is 6.99. The molecule has 8 nitrogen and oxygen atoms in total. The zero-order valence-corrected chi connectivity index (χ0v) is 21.4. The molecule has 0 spiro atoms. The lowest BCUT2D eigenvalue weighted by molar-refractivity contribution is -0.136. The lowest BCUT2D eigenvalue weighted by Crippen LogP contribution is -2.45. The van der Waals surface area contributed by atoms with Gasteiger partial charge in [0.05, 0.1) is 0 Å². The van der Waals surface area contributed by atoms with E-state index in [1.54, 1.807) is 0 Å². The molecule has 4 aliphatic rings. The van der Waals surface area contributed by atoms with Gasteiger partial charge in [0, 0.05) is 44.2 Å². The number of rotatable bonds is 5. The van der Waals surface area contributed by atoms with Crippen LogP contribution in [0.1, 0.15) is 63.0 Å². The number of hydrogen-bond donors (Lipinski definition) is 3. The Morgan fingerprint density at radius 2 is 1.71 bits per heavy atom. The van der Waals surface area contributed by atoms with Crippen LogP contribution in [0, 0.1) is 24.7 Å². The van der Waals surface area contributed by atoms with Crippen LogP contribution in [0.5, 0.6) is 5.75 Å². The Morgan fingerprint density at radius 1 is 1.00 bits per heavy atom. The number of aryl methyl sites for hydroxylation is 1. The van der Waals surface area contributed by atoms with Crippen LogP contribution in [-0.4, -0.2) is 66.5 Å². The van der Waals surface area contributed by atoms with Gasteiger partial charge in [0.1, 0.15) is 5.75 Å². The van der Waals surface area contributed by atoms with E-state index in [0.717, 1.165) is 75.2 Å². The highest BCUT2D eigenvalue weighted by atomic mass is 16.5. The summed E-state index contributed by atoms with van der Waals surface area (Å²) >= 11 is 0. The lowest BCUT2D eigenvalue weighted by atomic mass is 9.82. The van der Waals surface area contributed by atoms with E-state index in [1.165, 1.54) is 0 Å². The monoisotopic (exact) mass is 483 g/mol. The Bertz CT molecular complexity index is 921. The van der Waals surface area contributed by atoms with Crippen LogP contribution < -0.4 is 21.1 Å². The quantitative estimate of drug-likeness (QED) is 0.596. The minimum absolute atomic E-state index is 0.0668. The minimum atomic E-state index is 0.0668. The van der Waals surface area contributed by atoms with Crippen LogP contribution in [-0.2, 0) is 9.59 Å². The van der Waals surface area contributed by atoms with Crippen molar-refractivity contribution in [1.29, 1.82) is 0 Å². The second kappa shape index (κ2) is 10.4. The maximum absolute atomic E-state index is 13.3. The van der Waals surface area contributed by atoms with Gasteiger partial charge >= 0.3 is 0 Å². The summed E-state index contributed by atoms with van der Waals surface area (Å²) in [5.74, 6) is 2.69. The molecule has 192 valence electrons. The third-order valence-corrected chi connectivity index (χ3v) is 8.64. The Morgan fingerprint density at radius 3 is 2.43 bits per heavy atom. The topological polar surface area (TPSA) is 85.9 Å². The molecule has 5 rings (SSSR count). The summed E-state index contributed by atoms with van der Waals surface area (Å²) in [7, 11) is 0. The SMILES string of the molecule is Cc1ccc(C(C)C)c(OCC(=O)N2CC[C@@H]3CN(C(=O)C4CCC5NNNC5C4)C[C@@H]3CC2)c1. The van der Waals surface area contributed by atoms with Crippen molar-refractivity contribution in [2.75, 3.05) is 32.8 Å². The van der Waals surface area contributed by atoms with Gasteiger partial charge in [0.15, 0.2) is 6.61 Å². The molecule has 4 fully saturated rings. The summed E-state index contributed by atoms with van der Waals surface area (Å²) < 4.78 is 6.02. The van der Waals surface area contributed by atoms with Crippen LogP contribution in [0.2, 0.25) is 0 Å². The molecule has 35 heavy (non-hydrogen) atoms. The van der Waals surface area contributed by atoms with Gasteiger partial charge in [-0.15, -0.1) is 0 Å². The normalized spacial score (nSPS) is 30.7. The third-order valence-electron chi connectivity index (χ3n) is 8.64. The van der Waals surface area contributed by atoms with Gasteiger partial charge in [0.2, 0.25) is 5.91 Å². The van der Waals surface area contributed by atoms with Gasteiger partial charge in [-0.1, -0.05) is 26.0 Å². The number of nitrogens with zero attached hydrogens (tertiary/aromatic N) is 2. The van der Waals surface area contributed by atoms with Crippen LogP contribution >= 0.6 is 0 Å². The molecule has 3 unspecified atom stereocenters. The molecule has 5 atom stereocenters. The summed E-state index contributed by atoms with van der Waals surface area (Å²) in [5, 5.41) is 0. The molecule has 0 bridgehead atoms. The Balaban J connectivity index is 1.11. The Hall–Kier alpha value is -2.16. The fraction of sp³-hybridized carbons (Fsp3) is 0.704. The number of fused-ring (bicyclic) bond motifs is 2. The van der Waals surface area contributed by atoms with Gasteiger partial charge in [0.25, 0.3) is 5.91 Å². The van der Waals surface area contributed by atoms with Gasteiger partial charge in [-0.05, 0) is 74.0 Å². The summed E-state index contributed by atoms with van der Waals surface area (Å²) in [6.07, 6.45) is 4.82. The van der Waals surface area contributed by atoms with Crippen LogP contribution in [0.25, 0.3) is 0 Å². The first-order valence-corrected chi connectivity index (χ1v) is 13.4. The number of carbonyl (C=O) groups is 2. The van der Waals surface area contributed by atoms with Crippen molar-refractivity contribution in [3.05, 3.63) is 29.3 Å². The fourth-order valence-corrected chi connectivity index (χ4v) is 6.46. The molecule has 3 aliphatic heterocycles. The molecule has 0 radical (unpaired) electrons. The number of hydrazine groups is 2. The number of carbonyl (C=O) groups excluding carboxylic acids is 2. The van der Waals surface area contributed by atoms with E-state index in [2.05, 4.69) is 47.3 Å². The molecule has 3 N–H and O–H groups in total. The van der Waals surface area contributed by atoms with Crippen molar-refractivity contribution in [3.8, 4) is 5.75 Å². The molecule has 3 heterocycles. The predicted molar refractivity (Wildman–Crippen MR) is 134 cm³/mol. The first-order valence-electron chi connectivity index (χ1n) is 13.4. The largest absolute Gasteiger partial charge is 0.483 e. The van der Waals surface area contributed by atoms with E-state index in [4.69, 9.17) is 4.74 Å². The fourth-order valence-electron chi connectivity index (χ4n) is 6.46. The van der Waals surface area contributed by atoms with Crippen molar-refractivity contribution < 1.29 is 14.3 Å². The molecular formula is C27H41N5O3. The second-order valence-corrected chi connectivity index (χ2v) is 11.3. The first-order chi connectivity index (χ1) is 16.9. The minimum Gasteiger partial charge on any atom is -0.483 e. The highest BCUT2D eigenvalue weighted by Crippen LogP contribution is 2.35. The second-order valence-electron chi connectivity index (χ2n) is 11.3. The molecule has 3 saturated heterocycles. The average Bonchev–Trinajstić information content (AvgIpc) is 3.43. The zero-order chi connectivity index (χ0) is 24.5. The highest BCUT2D eigenvalue weighted by molar-refractivity contribution is 5.79. The standard InChI is InChI=1S/C27H41N5O3/c1-17(2)22-6-4-18(3)12-25(22)35-16-26(33)31-10-8-20-14-32(15-21(20)9-11-31)27(34)19-5-7-23-24(13-19)29-30-28-23/h4,6,12,17,19-21,23-24,28-30H,5,7-11,13-16H2,1-3H3/t19?,20-,21+,23?,24?. The molecule has 0 aromatic heterocycles. The van der Waals surface area contributed by atoms with Crippen molar-refractivity contribution in [2.24, 2.45) is 17.8 Å². The van der Waals surface area contributed by atoms with Crippen molar-refractivity contribution >= 4 is 11.8 Å². The van der Waals surface area contributed by atoms with Gasteiger partial charge in [-0.25, -0.2) is 10.9 Å². The summed E-state index contributed by atoms with van der Waals surface area (Å²) in [5.41, 5.74) is 11.8. The molecule has 8 heteroatoms. The lowest BCUT2D eigenvalue weighted by Gasteiger charge is -2.32. The van der Waals surface area contributed by atoms with E-state index in [9.17, 15) is 9.59 Å². The molecule has 1 aromatic rings. The predicted octanol–water partition coefficient (Wildman–Crippen LogP) is 2.34. The van der Waals surface area contributed by atoms with E-state index in [0.29, 0.717) is 35.7 Å². The van der Waals surface area contributed by atoms with E-state index >= 15 is 0 Å². The Kier molecular flexibility index (Phi) is 7.32. The number of amides is 2. The van der Waals surface area contributed by atoms with Crippen molar-refractivity contribution in [3.63, 3.8) is 0 Å². The van der Waals surface area contributed by atoms with Crippen LogP contribution in [0.15, 0.2) is 18.2 Å². The number of ether oxygens (including phenoxy) is 1. The zero-order valence-electron chi connectivity index (χ0n) is 21.4. The van der Waals surface area contributed by atoms with Crippen molar-refractivity contribution in [1.82, 2.24) is 26.2 Å². The van der Waals surface area contributed by atoms with E-state index in [-0.39, 0.29) is 18.4 Å². The third kappa shape index (κ3) is 5.34. The van der Waals surface area contributed by atoms with Crippen molar-refractivity contribution in [2.45, 2.75) is 70.9 Å². The van der Waals surface area contributed by atoms with Gasteiger partial charge < -0.3 is 14.5 Å². The first kappa shape index (κ1) is 24.5.